The number of carbonyl (C=O) groups is 2. The second-order valence-corrected chi connectivity index (χ2v) is 12.1. The molecule has 0 saturated carbocycles. The van der Waals surface area contributed by atoms with Gasteiger partial charge in [0.1, 0.15) is 6.04 Å². The van der Waals surface area contributed by atoms with Crippen LogP contribution in [0.3, 0.4) is 0 Å². The van der Waals surface area contributed by atoms with Crippen molar-refractivity contribution in [1.29, 1.82) is 0 Å². The highest BCUT2D eigenvalue weighted by molar-refractivity contribution is 9.10. The highest BCUT2D eigenvalue weighted by Crippen LogP contribution is 2.21. The molecule has 0 spiro atoms. The van der Waals surface area contributed by atoms with Crippen LogP contribution in [0.25, 0.3) is 0 Å². The summed E-state index contributed by atoms with van der Waals surface area (Å²) in [5.74, 6) is -0.471. The van der Waals surface area contributed by atoms with Crippen LogP contribution in [-0.2, 0) is 32.6 Å². The molecule has 1 N–H and O–H groups in total. The maximum absolute atomic E-state index is 13.7. The van der Waals surface area contributed by atoms with Crippen molar-refractivity contribution in [2.75, 3.05) is 24.2 Å². The molecule has 0 fully saturated rings. The van der Waals surface area contributed by atoms with Crippen LogP contribution in [0, 0.1) is 6.92 Å². The Bertz CT molecular complexity index is 1330. The SMILES string of the molecule is CNC(=O)[C@H](Cc1ccccc1)N(Cc1cccc(Br)c1)C(=O)CCCN(c1ccc(C)cc1)S(C)(=O)=O. The molecule has 0 aliphatic carbocycles. The van der Waals surface area contributed by atoms with Crippen molar-refractivity contribution < 1.29 is 18.0 Å². The van der Waals surface area contributed by atoms with Crippen LogP contribution in [0.4, 0.5) is 5.69 Å². The standard InChI is InChI=1S/C29H34BrN3O4S/c1-22-14-16-26(17-15-22)33(38(3,36)37)18-8-13-28(34)32(21-24-11-7-12-25(30)19-24)27(29(35)31-2)20-23-9-5-4-6-10-23/h4-7,9-12,14-17,19,27H,8,13,18,20-21H2,1-3H3,(H,31,35)/t27-/m0/s1. The predicted molar refractivity (Wildman–Crippen MR) is 155 cm³/mol. The van der Waals surface area contributed by atoms with E-state index >= 15 is 0 Å². The molecule has 3 rings (SSSR count). The topological polar surface area (TPSA) is 86.8 Å². The van der Waals surface area contributed by atoms with Crippen molar-refractivity contribution in [1.82, 2.24) is 10.2 Å². The van der Waals surface area contributed by atoms with Gasteiger partial charge in [-0.25, -0.2) is 8.42 Å². The van der Waals surface area contributed by atoms with Crippen molar-refractivity contribution in [2.45, 2.75) is 38.8 Å². The van der Waals surface area contributed by atoms with E-state index in [0.29, 0.717) is 18.5 Å². The molecule has 9 heteroatoms. The maximum atomic E-state index is 13.7. The molecule has 0 aromatic heterocycles. The van der Waals surface area contributed by atoms with Crippen LogP contribution < -0.4 is 9.62 Å². The Morgan fingerprint density at radius 2 is 1.61 bits per heavy atom. The van der Waals surface area contributed by atoms with Gasteiger partial charge in [-0.05, 0) is 48.7 Å². The molecular weight excluding hydrogens is 566 g/mol. The minimum atomic E-state index is -3.54. The minimum Gasteiger partial charge on any atom is -0.357 e. The first-order chi connectivity index (χ1) is 18.1. The number of halogens is 1. The largest absolute Gasteiger partial charge is 0.357 e. The van der Waals surface area contributed by atoms with Gasteiger partial charge >= 0.3 is 0 Å². The molecule has 0 bridgehead atoms. The zero-order valence-corrected chi connectivity index (χ0v) is 24.3. The van der Waals surface area contributed by atoms with Gasteiger partial charge < -0.3 is 10.2 Å². The average Bonchev–Trinajstić information content (AvgIpc) is 2.88. The quantitative estimate of drug-likeness (QED) is 0.327. The van der Waals surface area contributed by atoms with E-state index in [0.717, 1.165) is 27.4 Å². The fourth-order valence-electron chi connectivity index (χ4n) is 4.27. The average molecular weight is 601 g/mol. The first kappa shape index (κ1) is 29.4. The number of hydrogen-bond acceptors (Lipinski definition) is 4. The van der Waals surface area contributed by atoms with Crippen molar-refractivity contribution in [3.63, 3.8) is 0 Å². The van der Waals surface area contributed by atoms with Gasteiger partial charge in [0.15, 0.2) is 0 Å². The lowest BCUT2D eigenvalue weighted by atomic mass is 10.0. The van der Waals surface area contributed by atoms with Crippen molar-refractivity contribution in [3.05, 3.63) is 100 Å². The summed E-state index contributed by atoms with van der Waals surface area (Å²) in [4.78, 5) is 28.3. The van der Waals surface area contributed by atoms with Crippen LogP contribution in [0.5, 0.6) is 0 Å². The number of aryl methyl sites for hydroxylation is 1. The lowest BCUT2D eigenvalue weighted by Crippen LogP contribution is -2.49. The smallest absolute Gasteiger partial charge is 0.242 e. The van der Waals surface area contributed by atoms with E-state index in [1.807, 2.05) is 73.7 Å². The fraction of sp³-hybridized carbons (Fsp3) is 0.310. The number of amides is 2. The van der Waals surface area contributed by atoms with Crippen molar-refractivity contribution in [3.8, 4) is 0 Å². The van der Waals surface area contributed by atoms with Crippen molar-refractivity contribution in [2.24, 2.45) is 0 Å². The molecule has 0 heterocycles. The Morgan fingerprint density at radius 1 is 0.947 bits per heavy atom. The van der Waals surface area contributed by atoms with Gasteiger partial charge in [-0.15, -0.1) is 0 Å². The van der Waals surface area contributed by atoms with Gasteiger partial charge in [-0.3, -0.25) is 13.9 Å². The maximum Gasteiger partial charge on any atom is 0.242 e. The Hall–Kier alpha value is -3.17. The Labute approximate surface area is 234 Å². The summed E-state index contributed by atoms with van der Waals surface area (Å²) in [5, 5.41) is 2.71. The molecule has 0 aliphatic rings. The van der Waals surface area contributed by atoms with E-state index in [9.17, 15) is 18.0 Å². The Kier molecular flexibility index (Phi) is 10.5. The van der Waals surface area contributed by atoms with Crippen LogP contribution in [0.2, 0.25) is 0 Å². The lowest BCUT2D eigenvalue weighted by Gasteiger charge is -2.31. The van der Waals surface area contributed by atoms with E-state index in [-0.39, 0.29) is 31.3 Å². The summed E-state index contributed by atoms with van der Waals surface area (Å²) in [5.41, 5.74) is 3.41. The van der Waals surface area contributed by atoms with Gasteiger partial charge in [0, 0.05) is 37.5 Å². The third-order valence-corrected chi connectivity index (χ3v) is 7.92. The van der Waals surface area contributed by atoms with Gasteiger partial charge in [-0.2, -0.15) is 0 Å². The zero-order valence-electron chi connectivity index (χ0n) is 21.9. The molecule has 2 amide bonds. The number of likely N-dealkylation sites (N-methyl/N-ethyl adjacent to an activating group) is 1. The summed E-state index contributed by atoms with van der Waals surface area (Å²) < 4.78 is 27.2. The normalized spacial score (nSPS) is 12.0. The molecule has 3 aromatic rings. The summed E-state index contributed by atoms with van der Waals surface area (Å²) in [6.07, 6.45) is 1.92. The van der Waals surface area contributed by atoms with E-state index in [1.54, 1.807) is 24.1 Å². The minimum absolute atomic E-state index is 0.0914. The lowest BCUT2D eigenvalue weighted by molar-refractivity contribution is -0.141. The van der Waals surface area contributed by atoms with Gasteiger partial charge in [0.25, 0.3) is 0 Å². The number of nitrogens with one attached hydrogen (secondary N) is 1. The molecule has 0 aliphatic heterocycles. The molecule has 38 heavy (non-hydrogen) atoms. The number of carbonyl (C=O) groups excluding carboxylic acids is 2. The van der Waals surface area contributed by atoms with Crippen LogP contribution >= 0.6 is 15.9 Å². The fourth-order valence-corrected chi connectivity index (χ4v) is 5.68. The second-order valence-electron chi connectivity index (χ2n) is 9.25. The monoisotopic (exact) mass is 599 g/mol. The summed E-state index contributed by atoms with van der Waals surface area (Å²) >= 11 is 3.48. The van der Waals surface area contributed by atoms with E-state index in [4.69, 9.17) is 0 Å². The number of benzene rings is 3. The predicted octanol–water partition coefficient (Wildman–Crippen LogP) is 4.69. The zero-order chi connectivity index (χ0) is 27.7. The van der Waals surface area contributed by atoms with Crippen LogP contribution in [-0.4, -0.2) is 51.0 Å². The molecule has 3 aromatic carbocycles. The number of rotatable bonds is 12. The molecule has 0 radical (unpaired) electrons. The Balaban J connectivity index is 1.84. The summed E-state index contributed by atoms with van der Waals surface area (Å²) in [6.45, 7) is 2.34. The first-order valence-electron chi connectivity index (χ1n) is 12.4. The van der Waals surface area contributed by atoms with E-state index in [2.05, 4.69) is 21.2 Å². The number of anilines is 1. The van der Waals surface area contributed by atoms with Gasteiger partial charge in [-0.1, -0.05) is 76.1 Å². The molecule has 0 unspecified atom stereocenters. The highest BCUT2D eigenvalue weighted by Gasteiger charge is 2.30. The highest BCUT2D eigenvalue weighted by atomic mass is 79.9. The summed E-state index contributed by atoms with van der Waals surface area (Å²) in [7, 11) is -1.97. The molecule has 1 atom stereocenters. The van der Waals surface area contributed by atoms with E-state index in [1.165, 1.54) is 4.31 Å². The van der Waals surface area contributed by atoms with Crippen LogP contribution in [0.15, 0.2) is 83.3 Å². The first-order valence-corrected chi connectivity index (χ1v) is 15.1. The summed E-state index contributed by atoms with van der Waals surface area (Å²) in [6, 6.07) is 23.7. The van der Waals surface area contributed by atoms with E-state index < -0.39 is 16.1 Å². The van der Waals surface area contributed by atoms with Crippen LogP contribution in [0.1, 0.15) is 29.5 Å². The Morgan fingerprint density at radius 3 is 2.21 bits per heavy atom. The third-order valence-electron chi connectivity index (χ3n) is 6.23. The van der Waals surface area contributed by atoms with Gasteiger partial charge in [0.05, 0.1) is 11.9 Å². The molecule has 7 nitrogen and oxygen atoms in total. The number of nitrogens with zero attached hydrogens (tertiary/aromatic N) is 2. The molecule has 0 saturated heterocycles. The number of sulfonamides is 1. The van der Waals surface area contributed by atoms with Crippen molar-refractivity contribution >= 4 is 43.5 Å². The number of hydrogen-bond donors (Lipinski definition) is 1. The third kappa shape index (κ3) is 8.43. The van der Waals surface area contributed by atoms with Gasteiger partial charge in [0.2, 0.25) is 21.8 Å². The molecule has 202 valence electrons. The second kappa shape index (κ2) is 13.6. The molecular formula is C29H34BrN3O4S.